The van der Waals surface area contributed by atoms with Crippen molar-refractivity contribution in [3.8, 4) is 5.75 Å². The van der Waals surface area contributed by atoms with Crippen molar-refractivity contribution in [3.05, 3.63) is 54.1 Å². The van der Waals surface area contributed by atoms with Crippen LogP contribution in [-0.2, 0) is 21.2 Å². The highest BCUT2D eigenvalue weighted by molar-refractivity contribution is 7.89. The molecule has 1 saturated heterocycles. The van der Waals surface area contributed by atoms with Crippen LogP contribution in [0.3, 0.4) is 0 Å². The Labute approximate surface area is 188 Å². The van der Waals surface area contributed by atoms with Crippen molar-refractivity contribution in [3.63, 3.8) is 0 Å². The fraction of sp³-hybridized carbons (Fsp3) is 0.364. The first-order chi connectivity index (χ1) is 14.9. The van der Waals surface area contributed by atoms with Gasteiger partial charge in [-0.1, -0.05) is 25.0 Å². The third kappa shape index (κ3) is 6.49. The van der Waals surface area contributed by atoms with Crippen LogP contribution in [0.15, 0.2) is 53.4 Å². The second-order valence-corrected chi connectivity index (χ2v) is 9.72. The molecule has 2 aromatic carbocycles. The number of amides is 1. The van der Waals surface area contributed by atoms with Crippen molar-refractivity contribution in [2.75, 3.05) is 25.5 Å². The molecule has 7 nitrogen and oxygen atoms in total. The van der Waals surface area contributed by atoms with Gasteiger partial charge in [0, 0.05) is 18.8 Å². The Bertz CT molecular complexity index is 998. The summed E-state index contributed by atoms with van der Waals surface area (Å²) in [6.07, 6.45) is 4.10. The molecule has 2 aromatic rings. The fourth-order valence-corrected chi connectivity index (χ4v) is 5.15. The zero-order valence-corrected chi connectivity index (χ0v) is 19.1. The quantitative estimate of drug-likeness (QED) is 0.642. The highest BCUT2D eigenvalue weighted by atomic mass is 32.2. The predicted octanol–water partition coefficient (Wildman–Crippen LogP) is 3.32. The maximum Gasteiger partial charge on any atom is 0.243 e. The Morgan fingerprint density at radius 3 is 2.19 bits per heavy atom. The number of anilines is 1. The first-order valence-corrected chi connectivity index (χ1v) is 12.1. The van der Waals surface area contributed by atoms with Gasteiger partial charge in [0.15, 0.2) is 5.11 Å². The third-order valence-corrected chi connectivity index (χ3v) is 7.21. The van der Waals surface area contributed by atoms with Crippen molar-refractivity contribution in [2.45, 2.75) is 37.0 Å². The number of nitrogens with one attached hydrogen (secondary N) is 2. The molecule has 1 heterocycles. The van der Waals surface area contributed by atoms with Gasteiger partial charge in [0.1, 0.15) is 5.75 Å². The van der Waals surface area contributed by atoms with Crippen LogP contribution in [0, 0.1) is 0 Å². The summed E-state index contributed by atoms with van der Waals surface area (Å²) in [5.41, 5.74) is 1.44. The molecular weight excluding hydrogens is 434 g/mol. The van der Waals surface area contributed by atoms with Gasteiger partial charge in [0.2, 0.25) is 15.9 Å². The molecule has 3 rings (SSSR count). The number of carbonyl (C=O) groups excluding carboxylic acids is 1. The lowest BCUT2D eigenvalue weighted by atomic mass is 10.1. The molecule has 0 radical (unpaired) electrons. The highest BCUT2D eigenvalue weighted by Gasteiger charge is 2.24. The van der Waals surface area contributed by atoms with E-state index in [-0.39, 0.29) is 22.3 Å². The molecule has 0 saturated carbocycles. The van der Waals surface area contributed by atoms with Crippen LogP contribution in [-0.4, -0.2) is 43.9 Å². The van der Waals surface area contributed by atoms with Gasteiger partial charge in [0.25, 0.3) is 0 Å². The minimum Gasteiger partial charge on any atom is -0.497 e. The van der Waals surface area contributed by atoms with Crippen LogP contribution in [0.25, 0.3) is 0 Å². The molecule has 0 aromatic heterocycles. The SMILES string of the molecule is COc1ccc(CC(=O)NC(=S)Nc2ccc(S(=O)(=O)N3CCCCCC3)cc2)cc1. The van der Waals surface area contributed by atoms with E-state index in [1.165, 1.54) is 0 Å². The molecule has 9 heteroatoms. The Balaban J connectivity index is 1.54. The lowest BCUT2D eigenvalue weighted by Crippen LogP contribution is -2.35. The Kier molecular flexibility index (Phi) is 8.00. The maximum absolute atomic E-state index is 12.8. The van der Waals surface area contributed by atoms with E-state index in [0.29, 0.717) is 18.8 Å². The average molecular weight is 462 g/mol. The number of hydrogen-bond acceptors (Lipinski definition) is 5. The Morgan fingerprint density at radius 1 is 1.00 bits per heavy atom. The number of nitrogens with zero attached hydrogens (tertiary/aromatic N) is 1. The number of sulfonamides is 1. The Hall–Kier alpha value is -2.49. The van der Waals surface area contributed by atoms with Crippen LogP contribution in [0.5, 0.6) is 5.75 Å². The molecular formula is C22H27N3O4S2. The average Bonchev–Trinajstić information content (AvgIpc) is 3.05. The summed E-state index contributed by atoms with van der Waals surface area (Å²) in [7, 11) is -1.91. The largest absolute Gasteiger partial charge is 0.497 e. The lowest BCUT2D eigenvalue weighted by Gasteiger charge is -2.20. The van der Waals surface area contributed by atoms with Crippen molar-refractivity contribution in [1.29, 1.82) is 0 Å². The van der Waals surface area contributed by atoms with E-state index in [0.717, 1.165) is 37.0 Å². The minimum absolute atomic E-state index is 0.154. The van der Waals surface area contributed by atoms with Gasteiger partial charge in [-0.05, 0) is 67.0 Å². The van der Waals surface area contributed by atoms with Gasteiger partial charge in [0.05, 0.1) is 18.4 Å². The van der Waals surface area contributed by atoms with E-state index in [9.17, 15) is 13.2 Å². The van der Waals surface area contributed by atoms with Crippen molar-refractivity contribution < 1.29 is 17.9 Å². The number of carbonyl (C=O) groups is 1. The lowest BCUT2D eigenvalue weighted by molar-refractivity contribution is -0.119. The Morgan fingerprint density at radius 2 is 1.61 bits per heavy atom. The van der Waals surface area contributed by atoms with Crippen molar-refractivity contribution >= 4 is 38.9 Å². The van der Waals surface area contributed by atoms with E-state index in [1.54, 1.807) is 47.8 Å². The van der Waals surface area contributed by atoms with Crippen LogP contribution in [0.2, 0.25) is 0 Å². The number of hydrogen-bond donors (Lipinski definition) is 2. The van der Waals surface area contributed by atoms with E-state index >= 15 is 0 Å². The molecule has 1 aliphatic heterocycles. The van der Waals surface area contributed by atoms with E-state index in [4.69, 9.17) is 17.0 Å². The molecule has 31 heavy (non-hydrogen) atoms. The topological polar surface area (TPSA) is 87.7 Å². The van der Waals surface area contributed by atoms with Gasteiger partial charge < -0.3 is 15.4 Å². The number of ether oxygens (including phenoxy) is 1. The van der Waals surface area contributed by atoms with Crippen LogP contribution < -0.4 is 15.4 Å². The molecule has 0 aliphatic carbocycles. The smallest absolute Gasteiger partial charge is 0.243 e. The van der Waals surface area contributed by atoms with Crippen LogP contribution in [0.1, 0.15) is 31.2 Å². The summed E-state index contributed by atoms with van der Waals surface area (Å²) in [4.78, 5) is 12.5. The first kappa shape index (κ1) is 23.2. The summed E-state index contributed by atoms with van der Waals surface area (Å²) in [6.45, 7) is 1.12. The van der Waals surface area contributed by atoms with Crippen molar-refractivity contribution in [1.82, 2.24) is 9.62 Å². The summed E-state index contributed by atoms with van der Waals surface area (Å²) in [6, 6.07) is 13.6. The molecule has 0 unspecified atom stereocenters. The number of rotatable bonds is 6. The second-order valence-electron chi connectivity index (χ2n) is 7.37. The van der Waals surface area contributed by atoms with Crippen molar-refractivity contribution in [2.24, 2.45) is 0 Å². The van der Waals surface area contributed by atoms with Gasteiger partial charge in [-0.25, -0.2) is 8.42 Å². The van der Waals surface area contributed by atoms with Crippen LogP contribution >= 0.6 is 12.2 Å². The highest BCUT2D eigenvalue weighted by Crippen LogP contribution is 2.21. The molecule has 0 bridgehead atoms. The molecule has 2 N–H and O–H groups in total. The zero-order chi connectivity index (χ0) is 22.3. The maximum atomic E-state index is 12.8. The number of thiocarbonyl (C=S) groups is 1. The monoisotopic (exact) mass is 461 g/mol. The standard InChI is InChI=1S/C22H27N3O4S2/c1-29-19-10-6-17(7-11-19)16-21(26)24-22(30)23-18-8-12-20(13-9-18)31(27,28)25-14-4-2-3-5-15-25/h6-13H,2-5,14-16H2,1H3,(H2,23,24,26,30). The van der Waals surface area contributed by atoms with E-state index in [2.05, 4.69) is 10.6 Å². The third-order valence-electron chi connectivity index (χ3n) is 5.09. The van der Waals surface area contributed by atoms with Gasteiger partial charge in [-0.2, -0.15) is 4.31 Å². The zero-order valence-electron chi connectivity index (χ0n) is 17.5. The fourth-order valence-electron chi connectivity index (χ4n) is 3.40. The van der Waals surface area contributed by atoms with Gasteiger partial charge >= 0.3 is 0 Å². The molecule has 1 amide bonds. The molecule has 0 atom stereocenters. The normalized spacial score (nSPS) is 15.0. The minimum atomic E-state index is -3.50. The van der Waals surface area contributed by atoms with Gasteiger partial charge in [-0.3, -0.25) is 4.79 Å². The first-order valence-electron chi connectivity index (χ1n) is 10.2. The molecule has 1 fully saturated rings. The number of methoxy groups -OCH3 is 1. The van der Waals surface area contributed by atoms with E-state index < -0.39 is 10.0 Å². The molecule has 1 aliphatic rings. The number of benzene rings is 2. The van der Waals surface area contributed by atoms with Crippen LogP contribution in [0.4, 0.5) is 5.69 Å². The summed E-state index contributed by atoms with van der Waals surface area (Å²) in [5.74, 6) is 0.477. The summed E-state index contributed by atoms with van der Waals surface area (Å²) < 4.78 is 32.4. The van der Waals surface area contributed by atoms with Gasteiger partial charge in [-0.15, -0.1) is 0 Å². The summed E-state index contributed by atoms with van der Waals surface area (Å²) in [5, 5.41) is 5.70. The van der Waals surface area contributed by atoms with E-state index in [1.807, 2.05) is 12.1 Å². The second kappa shape index (κ2) is 10.7. The predicted molar refractivity (Wildman–Crippen MR) is 125 cm³/mol. The molecule has 166 valence electrons. The summed E-state index contributed by atoms with van der Waals surface area (Å²) >= 11 is 5.20. The molecule has 0 spiro atoms.